The van der Waals surface area contributed by atoms with Crippen molar-refractivity contribution in [2.75, 3.05) is 6.54 Å². The van der Waals surface area contributed by atoms with Crippen LogP contribution in [0.4, 0.5) is 0 Å². The highest BCUT2D eigenvalue weighted by Crippen LogP contribution is 2.30. The number of aliphatic hydroxyl groups is 1. The van der Waals surface area contributed by atoms with Crippen molar-refractivity contribution in [3.63, 3.8) is 0 Å². The van der Waals surface area contributed by atoms with Crippen LogP contribution in [0.2, 0.25) is 0 Å². The summed E-state index contributed by atoms with van der Waals surface area (Å²) in [7, 11) is -3.78. The highest BCUT2D eigenvalue weighted by Gasteiger charge is 2.36. The van der Waals surface area contributed by atoms with Crippen molar-refractivity contribution in [3.05, 3.63) is 53.6 Å². The van der Waals surface area contributed by atoms with Crippen LogP contribution in [-0.4, -0.2) is 34.4 Å². The van der Waals surface area contributed by atoms with E-state index in [1.54, 1.807) is 12.1 Å². The zero-order valence-corrected chi connectivity index (χ0v) is 14.3. The number of rotatable bonds is 4. The third kappa shape index (κ3) is 2.71. The van der Waals surface area contributed by atoms with Gasteiger partial charge in [-0.15, -0.1) is 0 Å². The van der Waals surface area contributed by atoms with Crippen molar-refractivity contribution in [3.8, 4) is 0 Å². The van der Waals surface area contributed by atoms with Crippen LogP contribution in [0.1, 0.15) is 11.1 Å². The second-order valence-corrected chi connectivity index (χ2v) is 8.32. The lowest BCUT2D eigenvalue weighted by molar-refractivity contribution is 0.0567. The van der Waals surface area contributed by atoms with Crippen LogP contribution in [-0.2, 0) is 22.9 Å². The molecule has 6 nitrogen and oxygen atoms in total. The topological polar surface area (TPSA) is 92.2 Å². The smallest absolute Gasteiger partial charge is 0.242 e. The molecule has 2 aromatic carbocycles. The fraction of sp³-hybridized carbons (Fsp3) is 0.250. The Morgan fingerprint density at radius 3 is 2.50 bits per heavy atom. The van der Waals surface area contributed by atoms with Crippen LogP contribution in [0.15, 0.2) is 47.4 Å². The summed E-state index contributed by atoms with van der Waals surface area (Å²) in [6.45, 7) is -0.0437. The Hall–Kier alpha value is -1.87. The van der Waals surface area contributed by atoms with Gasteiger partial charge >= 0.3 is 0 Å². The van der Waals surface area contributed by atoms with Crippen molar-refractivity contribution in [1.29, 1.82) is 0 Å². The van der Waals surface area contributed by atoms with Crippen molar-refractivity contribution in [2.45, 2.75) is 23.3 Å². The van der Waals surface area contributed by atoms with Crippen molar-refractivity contribution in [1.82, 2.24) is 13.5 Å². The molecule has 1 heterocycles. The van der Waals surface area contributed by atoms with Gasteiger partial charge in [-0.2, -0.15) is 8.75 Å². The molecule has 0 aliphatic heterocycles. The van der Waals surface area contributed by atoms with Gasteiger partial charge in [0.25, 0.3) is 0 Å². The highest BCUT2D eigenvalue weighted by atomic mass is 32.2. The van der Waals surface area contributed by atoms with Gasteiger partial charge in [-0.1, -0.05) is 30.3 Å². The Balaban J connectivity index is 1.57. The largest absolute Gasteiger partial charge is 0.388 e. The molecule has 124 valence electrons. The molecule has 1 aliphatic carbocycles. The predicted octanol–water partition coefficient (Wildman–Crippen LogP) is 1.50. The Kier molecular flexibility index (Phi) is 3.65. The van der Waals surface area contributed by atoms with Gasteiger partial charge < -0.3 is 5.11 Å². The maximum absolute atomic E-state index is 12.6. The van der Waals surface area contributed by atoms with E-state index in [0.717, 1.165) is 22.9 Å². The molecular weight excluding hydrogens is 346 g/mol. The fourth-order valence-corrected chi connectivity index (χ4v) is 4.99. The molecule has 0 fully saturated rings. The van der Waals surface area contributed by atoms with Crippen molar-refractivity contribution in [2.24, 2.45) is 0 Å². The first-order valence-corrected chi connectivity index (χ1v) is 9.68. The van der Waals surface area contributed by atoms with Crippen LogP contribution >= 0.6 is 11.7 Å². The Bertz CT molecular complexity index is 989. The van der Waals surface area contributed by atoms with E-state index in [1.807, 2.05) is 24.3 Å². The zero-order valence-electron chi connectivity index (χ0n) is 12.6. The number of nitrogens with one attached hydrogen (secondary N) is 1. The van der Waals surface area contributed by atoms with E-state index in [1.165, 1.54) is 6.07 Å². The molecular formula is C16H15N3O3S2. The lowest BCUT2D eigenvalue weighted by Crippen LogP contribution is -2.43. The van der Waals surface area contributed by atoms with E-state index in [9.17, 15) is 13.5 Å². The van der Waals surface area contributed by atoms with Gasteiger partial charge in [-0.3, -0.25) is 0 Å². The molecule has 4 rings (SSSR count). The number of aromatic nitrogens is 2. The summed E-state index contributed by atoms with van der Waals surface area (Å²) in [5.41, 5.74) is 1.92. The predicted molar refractivity (Wildman–Crippen MR) is 91.4 cm³/mol. The fourth-order valence-electron chi connectivity index (χ4n) is 3.10. The third-order valence-corrected chi connectivity index (χ3v) is 6.26. The average Bonchev–Trinajstić information content (AvgIpc) is 3.16. The van der Waals surface area contributed by atoms with E-state index in [2.05, 4.69) is 13.5 Å². The second kappa shape index (κ2) is 5.59. The molecule has 3 aromatic rings. The monoisotopic (exact) mass is 361 g/mol. The van der Waals surface area contributed by atoms with Gasteiger partial charge in [0.1, 0.15) is 15.9 Å². The quantitative estimate of drug-likeness (QED) is 0.735. The number of hydrogen-bond donors (Lipinski definition) is 2. The third-order valence-electron chi connectivity index (χ3n) is 4.29. The average molecular weight is 361 g/mol. The molecule has 0 saturated carbocycles. The first-order chi connectivity index (χ1) is 11.5. The highest BCUT2D eigenvalue weighted by molar-refractivity contribution is 7.89. The van der Waals surface area contributed by atoms with Crippen LogP contribution < -0.4 is 4.72 Å². The number of sulfonamides is 1. The normalized spacial score (nSPS) is 16.4. The molecule has 0 amide bonds. The first-order valence-electron chi connectivity index (χ1n) is 7.47. The molecule has 0 saturated heterocycles. The number of fused-ring (bicyclic) bond motifs is 2. The Labute approximate surface area is 143 Å². The van der Waals surface area contributed by atoms with E-state index < -0.39 is 15.6 Å². The van der Waals surface area contributed by atoms with Crippen LogP contribution in [0.3, 0.4) is 0 Å². The minimum atomic E-state index is -3.78. The summed E-state index contributed by atoms with van der Waals surface area (Å²) >= 11 is 0.976. The zero-order chi connectivity index (χ0) is 16.8. The molecule has 2 N–H and O–H groups in total. The molecule has 8 heteroatoms. The van der Waals surface area contributed by atoms with Crippen LogP contribution in [0.5, 0.6) is 0 Å². The summed E-state index contributed by atoms with van der Waals surface area (Å²) in [5, 5.41) is 10.7. The van der Waals surface area contributed by atoms with Crippen molar-refractivity contribution >= 4 is 32.8 Å². The van der Waals surface area contributed by atoms with E-state index in [0.29, 0.717) is 23.9 Å². The standard InChI is InChI=1S/C16H15N3O3S2/c20-16(8-11-4-1-2-5-12(11)9-16)10-17-24(21,22)14-7-3-6-13-15(14)19-23-18-13/h1-7,17,20H,8-10H2. The lowest BCUT2D eigenvalue weighted by atomic mass is 10.0. The van der Waals surface area contributed by atoms with E-state index in [-0.39, 0.29) is 11.4 Å². The van der Waals surface area contributed by atoms with Gasteiger partial charge in [0, 0.05) is 19.4 Å². The van der Waals surface area contributed by atoms with Gasteiger partial charge in [0.05, 0.1) is 17.3 Å². The molecule has 0 spiro atoms. The summed E-state index contributed by atoms with van der Waals surface area (Å²) in [6.07, 6.45) is 0.877. The minimum absolute atomic E-state index is 0.0437. The lowest BCUT2D eigenvalue weighted by Gasteiger charge is -2.22. The summed E-state index contributed by atoms with van der Waals surface area (Å²) in [5.74, 6) is 0. The van der Waals surface area contributed by atoms with Crippen LogP contribution in [0.25, 0.3) is 11.0 Å². The van der Waals surface area contributed by atoms with E-state index in [4.69, 9.17) is 0 Å². The summed E-state index contributed by atoms with van der Waals surface area (Å²) < 4.78 is 35.9. The second-order valence-electron chi connectivity index (χ2n) is 6.06. The number of hydrogen-bond acceptors (Lipinski definition) is 6. The molecule has 0 radical (unpaired) electrons. The maximum atomic E-state index is 12.6. The Morgan fingerprint density at radius 1 is 1.08 bits per heavy atom. The SMILES string of the molecule is O=S(=O)(NCC1(O)Cc2ccccc2C1)c1cccc2nsnc12. The van der Waals surface area contributed by atoms with E-state index >= 15 is 0 Å². The molecule has 24 heavy (non-hydrogen) atoms. The first kappa shape index (κ1) is 15.6. The van der Waals surface area contributed by atoms with Gasteiger partial charge in [-0.05, 0) is 23.3 Å². The Morgan fingerprint density at radius 2 is 1.79 bits per heavy atom. The molecule has 0 atom stereocenters. The molecule has 0 bridgehead atoms. The minimum Gasteiger partial charge on any atom is -0.388 e. The summed E-state index contributed by atoms with van der Waals surface area (Å²) in [6, 6.07) is 12.6. The number of benzene rings is 2. The summed E-state index contributed by atoms with van der Waals surface area (Å²) in [4.78, 5) is 0.0906. The van der Waals surface area contributed by atoms with Gasteiger partial charge in [0.2, 0.25) is 10.0 Å². The molecule has 0 unspecified atom stereocenters. The number of nitrogens with zero attached hydrogens (tertiary/aromatic N) is 2. The molecule has 1 aliphatic rings. The van der Waals surface area contributed by atoms with Gasteiger partial charge in [-0.25, -0.2) is 13.1 Å². The van der Waals surface area contributed by atoms with Crippen LogP contribution in [0, 0.1) is 0 Å². The van der Waals surface area contributed by atoms with Gasteiger partial charge in [0.15, 0.2) is 0 Å². The van der Waals surface area contributed by atoms with Crippen molar-refractivity contribution < 1.29 is 13.5 Å². The molecule has 1 aromatic heterocycles. The maximum Gasteiger partial charge on any atom is 0.242 e.